The number of anilines is 1. The summed E-state index contributed by atoms with van der Waals surface area (Å²) in [5.74, 6) is 0. The first-order chi connectivity index (χ1) is 10.3. The standard InChI is InChI=1S/C14H18F3N3OS.ClH/c1-9-6-11(10(2)20(9)8-14(15,16)17)12-7-22-13(19-12)18-4-5-21-3;/h6-7H,4-5,8H2,1-3H3,(H,18,19);1H. The largest absolute Gasteiger partial charge is 0.406 e. The minimum absolute atomic E-state index is 0. The van der Waals surface area contributed by atoms with Gasteiger partial charge in [-0.2, -0.15) is 13.2 Å². The Hall–Kier alpha value is -1.25. The topological polar surface area (TPSA) is 39.1 Å². The molecule has 130 valence electrons. The van der Waals surface area contributed by atoms with Gasteiger partial charge in [0.05, 0.1) is 12.3 Å². The van der Waals surface area contributed by atoms with Gasteiger partial charge in [-0.15, -0.1) is 23.7 Å². The van der Waals surface area contributed by atoms with Crippen LogP contribution in [0.4, 0.5) is 18.3 Å². The second-order valence-electron chi connectivity index (χ2n) is 4.94. The van der Waals surface area contributed by atoms with Crippen molar-refractivity contribution in [3.05, 3.63) is 22.8 Å². The van der Waals surface area contributed by atoms with E-state index in [1.165, 1.54) is 15.9 Å². The maximum absolute atomic E-state index is 12.6. The summed E-state index contributed by atoms with van der Waals surface area (Å²) in [6.45, 7) is 3.58. The van der Waals surface area contributed by atoms with Gasteiger partial charge in [0.1, 0.15) is 6.54 Å². The van der Waals surface area contributed by atoms with Crippen molar-refractivity contribution in [1.82, 2.24) is 9.55 Å². The van der Waals surface area contributed by atoms with E-state index in [-0.39, 0.29) is 12.4 Å². The van der Waals surface area contributed by atoms with Gasteiger partial charge in [-0.25, -0.2) is 4.98 Å². The number of nitrogens with zero attached hydrogens (tertiary/aromatic N) is 2. The summed E-state index contributed by atoms with van der Waals surface area (Å²) >= 11 is 1.42. The van der Waals surface area contributed by atoms with Crippen LogP contribution < -0.4 is 5.32 Å². The van der Waals surface area contributed by atoms with Crippen molar-refractivity contribution in [2.75, 3.05) is 25.6 Å². The lowest BCUT2D eigenvalue weighted by molar-refractivity contribution is -0.141. The molecule has 0 saturated heterocycles. The monoisotopic (exact) mass is 369 g/mol. The molecule has 0 aliphatic heterocycles. The third kappa shape index (κ3) is 5.12. The number of aromatic nitrogens is 2. The molecule has 2 aromatic rings. The van der Waals surface area contributed by atoms with Gasteiger partial charge in [0, 0.05) is 36.0 Å². The Bertz CT molecular complexity index is 640. The van der Waals surface area contributed by atoms with Gasteiger partial charge < -0.3 is 14.6 Å². The fourth-order valence-electron chi connectivity index (χ4n) is 2.22. The van der Waals surface area contributed by atoms with Crippen molar-refractivity contribution in [2.24, 2.45) is 0 Å². The van der Waals surface area contributed by atoms with Crippen LogP contribution in [0, 0.1) is 13.8 Å². The highest BCUT2D eigenvalue weighted by molar-refractivity contribution is 7.14. The van der Waals surface area contributed by atoms with Crippen LogP contribution in [0.25, 0.3) is 11.3 Å². The summed E-state index contributed by atoms with van der Waals surface area (Å²) in [6.07, 6.45) is -4.24. The third-order valence-electron chi connectivity index (χ3n) is 3.27. The molecule has 4 nitrogen and oxygen atoms in total. The van der Waals surface area contributed by atoms with E-state index in [1.807, 2.05) is 5.38 Å². The number of hydrogen-bond donors (Lipinski definition) is 1. The number of ether oxygens (including phenoxy) is 1. The molecular weight excluding hydrogens is 351 g/mol. The molecule has 0 unspecified atom stereocenters. The average Bonchev–Trinajstić information content (AvgIpc) is 2.98. The Labute approximate surface area is 143 Å². The Morgan fingerprint density at radius 1 is 1.35 bits per heavy atom. The SMILES string of the molecule is COCCNc1nc(-c2cc(C)n(CC(F)(F)F)c2C)cs1.Cl. The smallest absolute Gasteiger partial charge is 0.383 e. The van der Waals surface area contributed by atoms with E-state index >= 15 is 0 Å². The number of aryl methyl sites for hydroxylation is 1. The summed E-state index contributed by atoms with van der Waals surface area (Å²) < 4.78 is 44.1. The molecule has 2 heterocycles. The number of nitrogens with one attached hydrogen (secondary N) is 1. The number of methoxy groups -OCH3 is 1. The molecule has 0 aromatic carbocycles. The van der Waals surface area contributed by atoms with Gasteiger partial charge in [0.2, 0.25) is 0 Å². The number of halogens is 4. The van der Waals surface area contributed by atoms with Crippen LogP contribution in [-0.2, 0) is 11.3 Å². The number of rotatable bonds is 6. The molecule has 0 spiro atoms. The fourth-order valence-corrected chi connectivity index (χ4v) is 2.96. The van der Waals surface area contributed by atoms with Crippen LogP contribution in [0.15, 0.2) is 11.4 Å². The highest BCUT2D eigenvalue weighted by atomic mass is 35.5. The third-order valence-corrected chi connectivity index (χ3v) is 4.07. The van der Waals surface area contributed by atoms with E-state index in [9.17, 15) is 13.2 Å². The Balaban J connectivity index is 0.00000264. The highest BCUT2D eigenvalue weighted by Crippen LogP contribution is 2.31. The normalized spacial score (nSPS) is 11.4. The lowest BCUT2D eigenvalue weighted by Gasteiger charge is -2.12. The van der Waals surface area contributed by atoms with Gasteiger partial charge in [-0.1, -0.05) is 0 Å². The number of thiazole rings is 1. The predicted molar refractivity (Wildman–Crippen MR) is 88.7 cm³/mol. The zero-order valence-electron chi connectivity index (χ0n) is 13.0. The second-order valence-corrected chi connectivity index (χ2v) is 5.80. The van der Waals surface area contributed by atoms with E-state index in [0.717, 1.165) is 10.7 Å². The lowest BCUT2D eigenvalue weighted by atomic mass is 10.2. The highest BCUT2D eigenvalue weighted by Gasteiger charge is 2.29. The Morgan fingerprint density at radius 3 is 2.65 bits per heavy atom. The van der Waals surface area contributed by atoms with Crippen LogP contribution in [0.2, 0.25) is 0 Å². The van der Waals surface area contributed by atoms with Gasteiger partial charge in [-0.05, 0) is 19.9 Å². The Morgan fingerprint density at radius 2 is 2.04 bits per heavy atom. The molecule has 0 amide bonds. The number of hydrogen-bond acceptors (Lipinski definition) is 4. The molecular formula is C14H19ClF3N3OS. The van der Waals surface area contributed by atoms with Crippen LogP contribution in [-0.4, -0.2) is 36.0 Å². The van der Waals surface area contributed by atoms with Crippen molar-refractivity contribution in [3.8, 4) is 11.3 Å². The molecule has 1 N–H and O–H groups in total. The van der Waals surface area contributed by atoms with Crippen LogP contribution in [0.3, 0.4) is 0 Å². The molecule has 23 heavy (non-hydrogen) atoms. The molecule has 0 atom stereocenters. The van der Waals surface area contributed by atoms with Crippen molar-refractivity contribution in [2.45, 2.75) is 26.6 Å². The lowest BCUT2D eigenvalue weighted by Crippen LogP contribution is -2.19. The van der Waals surface area contributed by atoms with Gasteiger partial charge in [0.15, 0.2) is 5.13 Å². The van der Waals surface area contributed by atoms with Gasteiger partial charge in [-0.3, -0.25) is 0 Å². The molecule has 0 saturated carbocycles. The summed E-state index contributed by atoms with van der Waals surface area (Å²) in [4.78, 5) is 4.42. The molecule has 2 aromatic heterocycles. The second kappa shape index (κ2) is 8.03. The van der Waals surface area contributed by atoms with E-state index in [4.69, 9.17) is 4.74 Å². The average molecular weight is 370 g/mol. The van der Waals surface area contributed by atoms with Crippen molar-refractivity contribution < 1.29 is 17.9 Å². The summed E-state index contributed by atoms with van der Waals surface area (Å²) in [6, 6.07) is 1.75. The first-order valence-electron chi connectivity index (χ1n) is 6.74. The zero-order chi connectivity index (χ0) is 16.3. The Kier molecular flexibility index (Phi) is 6.91. The van der Waals surface area contributed by atoms with Gasteiger partial charge >= 0.3 is 6.18 Å². The minimum Gasteiger partial charge on any atom is -0.383 e. The molecule has 9 heteroatoms. The quantitative estimate of drug-likeness (QED) is 0.773. The van der Waals surface area contributed by atoms with E-state index in [2.05, 4.69) is 10.3 Å². The van der Waals surface area contributed by atoms with Crippen molar-refractivity contribution in [1.29, 1.82) is 0 Å². The molecule has 0 fully saturated rings. The van der Waals surface area contributed by atoms with E-state index in [0.29, 0.717) is 30.2 Å². The summed E-state index contributed by atoms with van der Waals surface area (Å²) in [5, 5.41) is 5.68. The predicted octanol–water partition coefficient (Wildman–Crippen LogP) is 4.27. The van der Waals surface area contributed by atoms with Crippen LogP contribution in [0.1, 0.15) is 11.4 Å². The molecule has 0 aliphatic carbocycles. The summed E-state index contributed by atoms with van der Waals surface area (Å²) in [5.41, 5.74) is 2.57. The molecule has 0 bridgehead atoms. The van der Waals surface area contributed by atoms with Crippen molar-refractivity contribution in [3.63, 3.8) is 0 Å². The van der Waals surface area contributed by atoms with Crippen LogP contribution in [0.5, 0.6) is 0 Å². The zero-order valence-corrected chi connectivity index (χ0v) is 14.7. The summed E-state index contributed by atoms with van der Waals surface area (Å²) in [7, 11) is 1.62. The maximum atomic E-state index is 12.6. The molecule has 0 aliphatic rings. The maximum Gasteiger partial charge on any atom is 0.406 e. The first-order valence-corrected chi connectivity index (χ1v) is 7.62. The first kappa shape index (κ1) is 19.8. The van der Waals surface area contributed by atoms with Crippen LogP contribution >= 0.6 is 23.7 Å². The van der Waals surface area contributed by atoms with E-state index in [1.54, 1.807) is 27.0 Å². The number of alkyl halides is 3. The van der Waals surface area contributed by atoms with Gasteiger partial charge in [0.25, 0.3) is 0 Å². The van der Waals surface area contributed by atoms with Crippen molar-refractivity contribution >= 4 is 28.9 Å². The fraction of sp³-hybridized carbons (Fsp3) is 0.500. The minimum atomic E-state index is -4.24. The molecule has 2 rings (SSSR count). The molecule has 0 radical (unpaired) electrons. The van der Waals surface area contributed by atoms with E-state index < -0.39 is 12.7 Å².